The van der Waals surface area contributed by atoms with Gasteiger partial charge in [0.15, 0.2) is 0 Å². The summed E-state index contributed by atoms with van der Waals surface area (Å²) in [7, 11) is -3.40. The van der Waals surface area contributed by atoms with E-state index >= 15 is 0 Å². The van der Waals surface area contributed by atoms with Crippen LogP contribution in [0.4, 0.5) is 11.5 Å². The van der Waals surface area contributed by atoms with Crippen LogP contribution >= 0.6 is 0 Å². The average Bonchev–Trinajstić information content (AvgIpc) is 2.62. The fourth-order valence-electron chi connectivity index (χ4n) is 2.89. The molecule has 0 saturated carbocycles. The summed E-state index contributed by atoms with van der Waals surface area (Å²) in [5, 5.41) is 0. The molecule has 0 unspecified atom stereocenters. The first kappa shape index (κ1) is 16.8. The van der Waals surface area contributed by atoms with Crippen LogP contribution in [0, 0.1) is 0 Å². The second-order valence-electron chi connectivity index (χ2n) is 6.11. The van der Waals surface area contributed by atoms with Crippen molar-refractivity contribution >= 4 is 21.5 Å². The average molecular weight is 345 g/mol. The molecular formula is C18H23N3O2S. The molecule has 24 heavy (non-hydrogen) atoms. The van der Waals surface area contributed by atoms with Crippen LogP contribution in [0.3, 0.4) is 0 Å². The summed E-state index contributed by atoms with van der Waals surface area (Å²) < 4.78 is 27.0. The van der Waals surface area contributed by atoms with Gasteiger partial charge in [-0.05, 0) is 43.4 Å². The summed E-state index contributed by atoms with van der Waals surface area (Å²) in [6, 6.07) is 13.3. The molecule has 0 amide bonds. The van der Waals surface area contributed by atoms with E-state index in [1.54, 1.807) is 12.3 Å². The predicted octanol–water partition coefficient (Wildman–Crippen LogP) is 3.06. The lowest BCUT2D eigenvalue weighted by atomic mass is 10.1. The Bertz CT molecular complexity index is 740. The first-order chi connectivity index (χ1) is 11.6. The van der Waals surface area contributed by atoms with Crippen LogP contribution in [0.5, 0.6) is 0 Å². The third-order valence-electron chi connectivity index (χ3n) is 4.23. The number of benzene rings is 1. The lowest BCUT2D eigenvalue weighted by Gasteiger charge is -2.28. The van der Waals surface area contributed by atoms with Crippen molar-refractivity contribution in [2.75, 3.05) is 28.5 Å². The number of aromatic nitrogens is 1. The summed E-state index contributed by atoms with van der Waals surface area (Å²) in [6.07, 6.45) is 5.92. The maximum absolute atomic E-state index is 12.2. The first-order valence-corrected chi connectivity index (χ1v) is 10.0. The van der Waals surface area contributed by atoms with E-state index in [1.165, 1.54) is 19.3 Å². The minimum atomic E-state index is -3.40. The lowest BCUT2D eigenvalue weighted by molar-refractivity contribution is 0.577. The van der Waals surface area contributed by atoms with Crippen LogP contribution in [0.25, 0.3) is 0 Å². The number of pyridine rings is 1. The van der Waals surface area contributed by atoms with Gasteiger partial charge in [0, 0.05) is 13.1 Å². The van der Waals surface area contributed by atoms with Gasteiger partial charge < -0.3 is 4.90 Å². The van der Waals surface area contributed by atoms with Crippen molar-refractivity contribution in [1.82, 2.24) is 4.98 Å². The highest BCUT2D eigenvalue weighted by molar-refractivity contribution is 7.92. The molecule has 128 valence electrons. The van der Waals surface area contributed by atoms with Crippen molar-refractivity contribution in [3.05, 3.63) is 54.2 Å². The van der Waals surface area contributed by atoms with Gasteiger partial charge in [-0.25, -0.2) is 13.4 Å². The summed E-state index contributed by atoms with van der Waals surface area (Å²) in [6.45, 7) is 2.09. The highest BCUT2D eigenvalue weighted by atomic mass is 32.2. The van der Waals surface area contributed by atoms with Crippen molar-refractivity contribution in [3.8, 4) is 0 Å². The molecule has 0 atom stereocenters. The Kier molecular flexibility index (Phi) is 5.35. The van der Waals surface area contributed by atoms with Crippen molar-refractivity contribution in [2.24, 2.45) is 0 Å². The Balaban J connectivity index is 1.58. The second-order valence-corrected chi connectivity index (χ2v) is 7.95. The molecule has 0 aliphatic carbocycles. The molecular weight excluding hydrogens is 322 g/mol. The zero-order valence-electron chi connectivity index (χ0n) is 13.7. The zero-order chi connectivity index (χ0) is 16.8. The van der Waals surface area contributed by atoms with E-state index in [1.807, 2.05) is 36.4 Å². The minimum Gasteiger partial charge on any atom is -0.370 e. The summed E-state index contributed by atoms with van der Waals surface area (Å²) in [5.74, 6) is 0.427. The molecule has 1 aliphatic rings. The molecule has 1 aromatic heterocycles. The number of piperidine rings is 1. The number of nitrogens with zero attached hydrogens (tertiary/aromatic N) is 2. The molecule has 1 fully saturated rings. The molecule has 5 nitrogen and oxygen atoms in total. The third kappa shape index (κ3) is 4.71. The van der Waals surface area contributed by atoms with E-state index in [9.17, 15) is 8.42 Å². The monoisotopic (exact) mass is 345 g/mol. The molecule has 2 aromatic rings. The molecule has 1 aliphatic heterocycles. The molecule has 0 bridgehead atoms. The Morgan fingerprint density at radius 3 is 2.42 bits per heavy atom. The quantitative estimate of drug-likeness (QED) is 0.874. The minimum absolute atomic E-state index is 0.0482. The van der Waals surface area contributed by atoms with Crippen LogP contribution in [0.1, 0.15) is 24.8 Å². The van der Waals surface area contributed by atoms with E-state index in [0.717, 1.165) is 24.3 Å². The normalized spacial score (nSPS) is 15.2. The topological polar surface area (TPSA) is 62.3 Å². The van der Waals surface area contributed by atoms with Gasteiger partial charge in [0.05, 0.1) is 17.6 Å². The Labute approximate surface area is 143 Å². The van der Waals surface area contributed by atoms with Crippen molar-refractivity contribution in [1.29, 1.82) is 0 Å². The Morgan fingerprint density at radius 2 is 1.75 bits per heavy atom. The van der Waals surface area contributed by atoms with Crippen LogP contribution in [-0.4, -0.2) is 32.2 Å². The van der Waals surface area contributed by atoms with Crippen molar-refractivity contribution in [2.45, 2.75) is 25.7 Å². The molecule has 2 heterocycles. The highest BCUT2D eigenvalue weighted by Gasteiger charge is 2.14. The van der Waals surface area contributed by atoms with Crippen LogP contribution < -0.4 is 9.62 Å². The van der Waals surface area contributed by atoms with E-state index in [-0.39, 0.29) is 5.75 Å². The van der Waals surface area contributed by atoms with Crippen molar-refractivity contribution in [3.63, 3.8) is 0 Å². The maximum atomic E-state index is 12.2. The smallest absolute Gasteiger partial charge is 0.234 e. The summed E-state index contributed by atoms with van der Waals surface area (Å²) in [4.78, 5) is 6.56. The Morgan fingerprint density at radius 1 is 1.00 bits per heavy atom. The number of hydrogen-bond donors (Lipinski definition) is 1. The summed E-state index contributed by atoms with van der Waals surface area (Å²) in [5.41, 5.74) is 2.07. The van der Waals surface area contributed by atoms with Crippen LogP contribution in [0.2, 0.25) is 0 Å². The molecule has 0 radical (unpaired) electrons. The summed E-state index contributed by atoms with van der Waals surface area (Å²) >= 11 is 0. The van der Waals surface area contributed by atoms with Gasteiger partial charge in [0.2, 0.25) is 10.0 Å². The Hall–Kier alpha value is -2.08. The van der Waals surface area contributed by atoms with E-state index in [4.69, 9.17) is 0 Å². The predicted molar refractivity (Wildman–Crippen MR) is 97.9 cm³/mol. The van der Waals surface area contributed by atoms with Gasteiger partial charge in [0.1, 0.15) is 5.82 Å². The SMILES string of the molecule is O=S(=O)(CCc1ccccc1)Nc1ccc(N2CCCCC2)cn1. The number of hydrogen-bond acceptors (Lipinski definition) is 4. The zero-order valence-corrected chi connectivity index (χ0v) is 14.5. The van der Waals surface area contributed by atoms with Crippen LogP contribution in [0.15, 0.2) is 48.7 Å². The third-order valence-corrected chi connectivity index (χ3v) is 5.49. The second kappa shape index (κ2) is 7.66. The standard InChI is InChI=1S/C18H23N3O2S/c22-24(23,14-11-16-7-3-1-4-8-16)20-18-10-9-17(15-19-18)21-12-5-2-6-13-21/h1,3-4,7-10,15H,2,5-6,11-14H2,(H,19,20). The maximum Gasteiger partial charge on any atom is 0.234 e. The fraction of sp³-hybridized carbons (Fsp3) is 0.389. The lowest BCUT2D eigenvalue weighted by Crippen LogP contribution is -2.29. The molecule has 0 spiro atoms. The number of nitrogens with one attached hydrogen (secondary N) is 1. The molecule has 1 N–H and O–H groups in total. The molecule has 3 rings (SSSR count). The molecule has 6 heteroatoms. The van der Waals surface area contributed by atoms with Gasteiger partial charge in [-0.2, -0.15) is 0 Å². The number of sulfonamides is 1. The van der Waals surface area contributed by atoms with E-state index < -0.39 is 10.0 Å². The molecule has 1 aromatic carbocycles. The number of aryl methyl sites for hydroxylation is 1. The van der Waals surface area contributed by atoms with Crippen LogP contribution in [-0.2, 0) is 16.4 Å². The largest absolute Gasteiger partial charge is 0.370 e. The fourth-order valence-corrected chi connectivity index (χ4v) is 3.94. The molecule has 1 saturated heterocycles. The highest BCUT2D eigenvalue weighted by Crippen LogP contribution is 2.20. The number of anilines is 2. The van der Waals surface area contributed by atoms with Crippen molar-refractivity contribution < 1.29 is 8.42 Å². The van der Waals surface area contributed by atoms with E-state index in [2.05, 4.69) is 14.6 Å². The van der Waals surface area contributed by atoms with Gasteiger partial charge in [-0.1, -0.05) is 30.3 Å². The van der Waals surface area contributed by atoms with Gasteiger partial charge >= 0.3 is 0 Å². The van der Waals surface area contributed by atoms with Gasteiger partial charge in [-0.3, -0.25) is 4.72 Å². The first-order valence-electron chi connectivity index (χ1n) is 8.38. The van der Waals surface area contributed by atoms with Gasteiger partial charge in [0.25, 0.3) is 0 Å². The number of rotatable bonds is 6. The van der Waals surface area contributed by atoms with E-state index in [0.29, 0.717) is 12.2 Å². The van der Waals surface area contributed by atoms with Gasteiger partial charge in [-0.15, -0.1) is 0 Å².